The van der Waals surface area contributed by atoms with Crippen molar-refractivity contribution in [1.29, 1.82) is 0 Å². The van der Waals surface area contributed by atoms with Crippen molar-refractivity contribution in [2.24, 2.45) is 4.99 Å². The summed E-state index contributed by atoms with van der Waals surface area (Å²) in [6.07, 6.45) is 2.60. The molecule has 2 N–H and O–H groups in total. The molecule has 3 rings (SSSR count). The van der Waals surface area contributed by atoms with Gasteiger partial charge in [0.25, 0.3) is 0 Å². The number of aliphatic imine (C=N–C) groups is 1. The Morgan fingerprint density at radius 1 is 1.19 bits per heavy atom. The van der Waals surface area contributed by atoms with Crippen molar-refractivity contribution in [3.8, 4) is 0 Å². The molecule has 0 saturated carbocycles. The Hall–Kier alpha value is -1.63. The van der Waals surface area contributed by atoms with Gasteiger partial charge in [0.05, 0.1) is 31.9 Å². The Morgan fingerprint density at radius 3 is 2.69 bits per heavy atom. The van der Waals surface area contributed by atoms with Gasteiger partial charge in [-0.1, -0.05) is 30.3 Å². The summed E-state index contributed by atoms with van der Waals surface area (Å²) in [5, 5.41) is 6.80. The summed E-state index contributed by atoms with van der Waals surface area (Å²) < 4.78 is 11.2. The average Bonchev–Trinajstić information content (AvgIpc) is 3.21. The van der Waals surface area contributed by atoms with Gasteiger partial charge in [-0.15, -0.1) is 0 Å². The summed E-state index contributed by atoms with van der Waals surface area (Å²) in [6.45, 7) is 8.88. The van der Waals surface area contributed by atoms with E-state index in [0.29, 0.717) is 6.10 Å². The predicted octanol–water partition coefficient (Wildman–Crippen LogP) is 1.79. The highest BCUT2D eigenvalue weighted by atomic mass is 16.5. The van der Waals surface area contributed by atoms with E-state index in [1.165, 1.54) is 5.56 Å². The molecule has 0 bridgehead atoms. The Morgan fingerprint density at radius 2 is 2.00 bits per heavy atom. The molecule has 0 radical (unpaired) electrons. The van der Waals surface area contributed by atoms with E-state index in [2.05, 4.69) is 52.8 Å². The van der Waals surface area contributed by atoms with Crippen molar-refractivity contribution in [1.82, 2.24) is 15.5 Å². The zero-order valence-corrected chi connectivity index (χ0v) is 15.8. The van der Waals surface area contributed by atoms with E-state index in [0.717, 1.165) is 71.3 Å². The lowest BCUT2D eigenvalue weighted by atomic mass is 10.1. The molecule has 2 unspecified atom stereocenters. The number of nitrogens with one attached hydrogen (secondary N) is 2. The summed E-state index contributed by atoms with van der Waals surface area (Å²) in [6, 6.07) is 10.9. The molecule has 0 amide bonds. The standard InChI is InChI=1S/C20H32N4O2/c1-2-21-20(22-15-18-9-6-12-26-18)23-16-19(17-7-4-3-5-8-17)24-10-13-25-14-11-24/h3-5,7-8,18-19H,2,6,9-16H2,1H3,(H2,21,22,23). The quantitative estimate of drug-likeness (QED) is 0.574. The lowest BCUT2D eigenvalue weighted by molar-refractivity contribution is 0.0179. The predicted molar refractivity (Wildman–Crippen MR) is 105 cm³/mol. The maximum Gasteiger partial charge on any atom is 0.191 e. The lowest BCUT2D eigenvalue weighted by Gasteiger charge is -2.34. The van der Waals surface area contributed by atoms with E-state index >= 15 is 0 Å². The van der Waals surface area contributed by atoms with E-state index in [1.54, 1.807) is 0 Å². The third-order valence-electron chi connectivity index (χ3n) is 4.96. The first-order chi connectivity index (χ1) is 12.9. The van der Waals surface area contributed by atoms with Gasteiger partial charge in [-0.05, 0) is 25.3 Å². The largest absolute Gasteiger partial charge is 0.379 e. The number of morpholine rings is 1. The molecule has 2 atom stereocenters. The Balaban J connectivity index is 1.65. The number of nitrogens with zero attached hydrogens (tertiary/aromatic N) is 2. The molecule has 2 heterocycles. The maximum absolute atomic E-state index is 5.70. The third kappa shape index (κ3) is 5.69. The van der Waals surface area contributed by atoms with Crippen LogP contribution in [0.4, 0.5) is 0 Å². The zero-order chi connectivity index (χ0) is 18.0. The van der Waals surface area contributed by atoms with E-state index < -0.39 is 0 Å². The molecule has 144 valence electrons. The maximum atomic E-state index is 5.70. The molecule has 1 aromatic rings. The van der Waals surface area contributed by atoms with Crippen LogP contribution in [0.5, 0.6) is 0 Å². The van der Waals surface area contributed by atoms with Crippen LogP contribution in [-0.4, -0.2) is 69.5 Å². The highest BCUT2D eigenvalue weighted by molar-refractivity contribution is 5.79. The second-order valence-electron chi connectivity index (χ2n) is 6.81. The number of guanidine groups is 1. The normalized spacial score (nSPS) is 23.0. The summed E-state index contributed by atoms with van der Waals surface area (Å²) in [7, 11) is 0. The van der Waals surface area contributed by atoms with Gasteiger partial charge in [-0.2, -0.15) is 0 Å². The fourth-order valence-corrected chi connectivity index (χ4v) is 3.53. The minimum Gasteiger partial charge on any atom is -0.379 e. The van der Waals surface area contributed by atoms with E-state index in [4.69, 9.17) is 14.5 Å². The third-order valence-corrected chi connectivity index (χ3v) is 4.96. The number of hydrogen-bond donors (Lipinski definition) is 2. The number of ether oxygens (including phenoxy) is 2. The topological polar surface area (TPSA) is 58.1 Å². The fraction of sp³-hybridized carbons (Fsp3) is 0.650. The molecule has 0 aromatic heterocycles. The first-order valence-electron chi connectivity index (χ1n) is 9.87. The van der Waals surface area contributed by atoms with E-state index in [9.17, 15) is 0 Å². The van der Waals surface area contributed by atoms with Crippen molar-refractivity contribution < 1.29 is 9.47 Å². The molecular formula is C20H32N4O2. The fourth-order valence-electron chi connectivity index (χ4n) is 3.53. The molecule has 0 spiro atoms. The van der Waals surface area contributed by atoms with Crippen LogP contribution < -0.4 is 10.6 Å². The minimum absolute atomic E-state index is 0.276. The van der Waals surface area contributed by atoms with Gasteiger partial charge in [0.1, 0.15) is 0 Å². The van der Waals surface area contributed by atoms with Gasteiger partial charge in [-0.3, -0.25) is 9.89 Å². The Labute approximate surface area is 157 Å². The molecule has 0 aliphatic carbocycles. The highest BCUT2D eigenvalue weighted by Gasteiger charge is 2.22. The molecule has 1 aromatic carbocycles. The summed E-state index contributed by atoms with van der Waals surface area (Å²) in [5.41, 5.74) is 1.31. The molecule has 2 saturated heterocycles. The molecule has 26 heavy (non-hydrogen) atoms. The van der Waals surface area contributed by atoms with E-state index in [-0.39, 0.29) is 6.04 Å². The second-order valence-corrected chi connectivity index (χ2v) is 6.81. The van der Waals surface area contributed by atoms with Gasteiger partial charge in [-0.25, -0.2) is 0 Å². The van der Waals surface area contributed by atoms with Crippen LogP contribution in [0.2, 0.25) is 0 Å². The molecule has 2 aliphatic rings. The van der Waals surface area contributed by atoms with Crippen LogP contribution in [-0.2, 0) is 9.47 Å². The first kappa shape index (κ1) is 19.1. The minimum atomic E-state index is 0.276. The van der Waals surface area contributed by atoms with Crippen LogP contribution >= 0.6 is 0 Å². The molecule has 2 aliphatic heterocycles. The molecule has 6 nitrogen and oxygen atoms in total. The number of hydrogen-bond acceptors (Lipinski definition) is 4. The van der Waals surface area contributed by atoms with Gasteiger partial charge in [0, 0.05) is 32.8 Å². The molecular weight excluding hydrogens is 328 g/mol. The van der Waals surface area contributed by atoms with Crippen LogP contribution in [0.25, 0.3) is 0 Å². The van der Waals surface area contributed by atoms with Crippen molar-refractivity contribution in [3.05, 3.63) is 35.9 Å². The zero-order valence-electron chi connectivity index (χ0n) is 15.8. The van der Waals surface area contributed by atoms with Crippen LogP contribution in [0.3, 0.4) is 0 Å². The van der Waals surface area contributed by atoms with E-state index in [1.807, 2.05) is 0 Å². The van der Waals surface area contributed by atoms with Gasteiger partial charge >= 0.3 is 0 Å². The monoisotopic (exact) mass is 360 g/mol. The molecule has 2 fully saturated rings. The van der Waals surface area contributed by atoms with Crippen LogP contribution in [0.15, 0.2) is 35.3 Å². The average molecular weight is 361 g/mol. The highest BCUT2D eigenvalue weighted by Crippen LogP contribution is 2.22. The second kappa shape index (κ2) is 10.5. The van der Waals surface area contributed by atoms with Crippen molar-refractivity contribution in [2.45, 2.75) is 31.9 Å². The Kier molecular flexibility index (Phi) is 7.73. The van der Waals surface area contributed by atoms with Crippen molar-refractivity contribution >= 4 is 5.96 Å². The molecule has 6 heteroatoms. The SMILES string of the molecule is CCNC(=NCC(c1ccccc1)N1CCOCC1)NCC1CCCO1. The van der Waals surface area contributed by atoms with Crippen molar-refractivity contribution in [3.63, 3.8) is 0 Å². The van der Waals surface area contributed by atoms with Crippen LogP contribution in [0.1, 0.15) is 31.4 Å². The number of benzene rings is 1. The summed E-state index contributed by atoms with van der Waals surface area (Å²) in [5.74, 6) is 0.872. The summed E-state index contributed by atoms with van der Waals surface area (Å²) in [4.78, 5) is 7.36. The smallest absolute Gasteiger partial charge is 0.191 e. The van der Waals surface area contributed by atoms with Gasteiger partial charge in [0.2, 0.25) is 0 Å². The number of rotatable bonds is 7. The first-order valence-corrected chi connectivity index (χ1v) is 9.87. The Bertz CT molecular complexity index is 540. The van der Waals surface area contributed by atoms with Gasteiger partial charge in [0.15, 0.2) is 5.96 Å². The van der Waals surface area contributed by atoms with Crippen molar-refractivity contribution in [2.75, 3.05) is 52.5 Å². The summed E-state index contributed by atoms with van der Waals surface area (Å²) >= 11 is 0. The van der Waals surface area contributed by atoms with Crippen LogP contribution in [0, 0.1) is 0 Å². The van der Waals surface area contributed by atoms with Gasteiger partial charge < -0.3 is 20.1 Å². The lowest BCUT2D eigenvalue weighted by Crippen LogP contribution is -2.43.